The zero-order chi connectivity index (χ0) is 20.6. The number of aromatic nitrogens is 3. The van der Waals surface area contributed by atoms with Gasteiger partial charge in [-0.15, -0.1) is 5.10 Å². The van der Waals surface area contributed by atoms with E-state index in [1.165, 1.54) is 0 Å². The quantitative estimate of drug-likeness (QED) is 0.800. The van der Waals surface area contributed by atoms with Crippen molar-refractivity contribution in [3.63, 3.8) is 0 Å². The molecule has 4 rings (SSSR count). The van der Waals surface area contributed by atoms with E-state index < -0.39 is 5.60 Å². The fourth-order valence-corrected chi connectivity index (χ4v) is 3.48. The number of fused-ring (bicyclic) bond motifs is 1. The first kappa shape index (κ1) is 19.5. The van der Waals surface area contributed by atoms with Crippen LogP contribution in [-0.2, 0) is 9.53 Å². The van der Waals surface area contributed by atoms with Crippen molar-refractivity contribution in [2.45, 2.75) is 58.1 Å². The van der Waals surface area contributed by atoms with Crippen molar-refractivity contribution in [2.24, 2.45) is 5.92 Å². The topological polar surface area (TPSA) is 101 Å². The molecular formula is C20H28N6O3. The Hall–Kier alpha value is -2.84. The molecule has 1 saturated carbocycles. The molecule has 0 spiro atoms. The normalized spacial score (nSPS) is 19.4. The molecule has 156 valence electrons. The van der Waals surface area contributed by atoms with Gasteiger partial charge in [-0.3, -0.25) is 10.1 Å². The molecule has 1 unspecified atom stereocenters. The molecule has 1 atom stereocenters. The highest BCUT2D eigenvalue weighted by Gasteiger charge is 2.32. The largest absolute Gasteiger partial charge is 0.444 e. The van der Waals surface area contributed by atoms with Gasteiger partial charge in [0.05, 0.1) is 6.04 Å². The van der Waals surface area contributed by atoms with Crippen molar-refractivity contribution in [3.05, 3.63) is 18.2 Å². The average Bonchev–Trinajstić information content (AvgIpc) is 3.24. The summed E-state index contributed by atoms with van der Waals surface area (Å²) in [5, 5.41) is 10.6. The number of amides is 2. The minimum atomic E-state index is -0.509. The van der Waals surface area contributed by atoms with E-state index in [2.05, 4.69) is 20.7 Å². The maximum atomic E-state index is 12.5. The molecule has 1 aliphatic carbocycles. The van der Waals surface area contributed by atoms with Crippen LogP contribution in [0.25, 0.3) is 5.65 Å². The predicted octanol–water partition coefficient (Wildman–Crippen LogP) is 2.89. The van der Waals surface area contributed by atoms with E-state index in [-0.39, 0.29) is 24.0 Å². The maximum absolute atomic E-state index is 12.5. The first-order valence-corrected chi connectivity index (χ1v) is 10.2. The first-order chi connectivity index (χ1) is 13.8. The van der Waals surface area contributed by atoms with Crippen LogP contribution in [0.2, 0.25) is 0 Å². The molecule has 29 heavy (non-hydrogen) atoms. The van der Waals surface area contributed by atoms with E-state index in [4.69, 9.17) is 4.74 Å². The van der Waals surface area contributed by atoms with Gasteiger partial charge in [0.1, 0.15) is 11.4 Å². The maximum Gasteiger partial charge on any atom is 0.410 e. The van der Waals surface area contributed by atoms with Gasteiger partial charge in [-0.1, -0.05) is 6.07 Å². The lowest BCUT2D eigenvalue weighted by Gasteiger charge is -2.28. The summed E-state index contributed by atoms with van der Waals surface area (Å²) < 4.78 is 7.21. The molecule has 3 heterocycles. The van der Waals surface area contributed by atoms with Crippen molar-refractivity contribution in [3.8, 4) is 0 Å². The Labute approximate surface area is 169 Å². The Kier molecular flexibility index (Phi) is 5.06. The van der Waals surface area contributed by atoms with Gasteiger partial charge >= 0.3 is 6.09 Å². The standard InChI is InChI=1S/C20H28N6O3/c1-20(2,3)29-19(28)25-11-5-6-14(25)12-21-15-7-4-8-16-22-18(24-26(15)16)23-17(27)13-9-10-13/h4,7-8,13-14,21H,5-6,9-12H2,1-3H3,(H,23,24,27). The minimum absolute atomic E-state index is 0.0191. The SMILES string of the molecule is CC(C)(C)OC(=O)N1CCCC1CNc1cccc2nc(NC(=O)C3CC3)nn12. The Morgan fingerprint density at radius 3 is 2.76 bits per heavy atom. The summed E-state index contributed by atoms with van der Waals surface area (Å²) in [7, 11) is 0. The molecule has 2 N–H and O–H groups in total. The van der Waals surface area contributed by atoms with Crippen LogP contribution >= 0.6 is 0 Å². The van der Waals surface area contributed by atoms with E-state index in [1.54, 1.807) is 9.42 Å². The number of ether oxygens (including phenoxy) is 1. The van der Waals surface area contributed by atoms with E-state index in [9.17, 15) is 9.59 Å². The monoisotopic (exact) mass is 400 g/mol. The number of nitrogens with zero attached hydrogens (tertiary/aromatic N) is 4. The van der Waals surface area contributed by atoms with Crippen molar-refractivity contribution in [2.75, 3.05) is 23.7 Å². The highest BCUT2D eigenvalue weighted by atomic mass is 16.6. The van der Waals surface area contributed by atoms with E-state index in [1.807, 2.05) is 39.0 Å². The highest BCUT2D eigenvalue weighted by Crippen LogP contribution is 2.30. The lowest BCUT2D eigenvalue weighted by atomic mass is 10.2. The Morgan fingerprint density at radius 2 is 2.03 bits per heavy atom. The number of anilines is 2. The van der Waals surface area contributed by atoms with Gasteiger partial charge in [0.15, 0.2) is 5.65 Å². The summed E-state index contributed by atoms with van der Waals surface area (Å²) in [4.78, 5) is 30.6. The summed E-state index contributed by atoms with van der Waals surface area (Å²) >= 11 is 0. The Bertz CT molecular complexity index is 915. The van der Waals surface area contributed by atoms with Crippen molar-refractivity contribution in [1.29, 1.82) is 0 Å². The van der Waals surface area contributed by atoms with Gasteiger partial charge in [-0.25, -0.2) is 4.79 Å². The number of likely N-dealkylation sites (tertiary alicyclic amines) is 1. The Balaban J connectivity index is 1.43. The molecule has 2 amide bonds. The third-order valence-electron chi connectivity index (χ3n) is 5.07. The zero-order valence-corrected chi connectivity index (χ0v) is 17.1. The zero-order valence-electron chi connectivity index (χ0n) is 17.1. The first-order valence-electron chi connectivity index (χ1n) is 10.2. The van der Waals surface area contributed by atoms with Gasteiger partial charge in [-0.2, -0.15) is 9.50 Å². The summed E-state index contributed by atoms with van der Waals surface area (Å²) in [5.74, 6) is 1.15. The van der Waals surface area contributed by atoms with Gasteiger partial charge in [0.25, 0.3) is 0 Å². The fourth-order valence-electron chi connectivity index (χ4n) is 3.48. The molecule has 2 fully saturated rings. The van der Waals surface area contributed by atoms with Gasteiger partial charge < -0.3 is 15.0 Å². The number of pyridine rings is 1. The number of carbonyl (C=O) groups is 2. The number of hydrogen-bond acceptors (Lipinski definition) is 6. The lowest BCUT2D eigenvalue weighted by molar-refractivity contribution is -0.117. The molecule has 9 heteroatoms. The summed E-state index contributed by atoms with van der Waals surface area (Å²) in [6.45, 7) is 6.91. The van der Waals surface area contributed by atoms with Crippen LogP contribution in [0.15, 0.2) is 18.2 Å². The molecule has 2 aromatic rings. The van der Waals surface area contributed by atoms with E-state index in [0.717, 1.165) is 31.5 Å². The van der Waals surface area contributed by atoms with Crippen LogP contribution in [0.4, 0.5) is 16.6 Å². The van der Waals surface area contributed by atoms with Crippen molar-refractivity contribution in [1.82, 2.24) is 19.5 Å². The van der Waals surface area contributed by atoms with Crippen LogP contribution in [0, 0.1) is 5.92 Å². The molecular weight excluding hydrogens is 372 g/mol. The smallest absolute Gasteiger partial charge is 0.410 e. The summed E-state index contributed by atoms with van der Waals surface area (Å²) in [5.41, 5.74) is 0.141. The number of rotatable bonds is 5. The molecule has 2 aromatic heterocycles. The number of nitrogens with one attached hydrogen (secondary N) is 2. The average molecular weight is 400 g/mol. The van der Waals surface area contributed by atoms with Crippen LogP contribution in [0.5, 0.6) is 0 Å². The lowest BCUT2D eigenvalue weighted by Crippen LogP contribution is -2.42. The Morgan fingerprint density at radius 1 is 1.24 bits per heavy atom. The molecule has 1 aliphatic heterocycles. The molecule has 0 radical (unpaired) electrons. The molecule has 0 aromatic carbocycles. The predicted molar refractivity (Wildman–Crippen MR) is 109 cm³/mol. The van der Waals surface area contributed by atoms with Gasteiger partial charge in [-0.05, 0) is 58.6 Å². The van der Waals surface area contributed by atoms with E-state index in [0.29, 0.717) is 24.7 Å². The fraction of sp³-hybridized carbons (Fsp3) is 0.600. The van der Waals surface area contributed by atoms with Crippen LogP contribution < -0.4 is 10.6 Å². The number of carbonyl (C=O) groups excluding carboxylic acids is 2. The van der Waals surface area contributed by atoms with Crippen molar-refractivity contribution < 1.29 is 14.3 Å². The second-order valence-corrected chi connectivity index (χ2v) is 8.73. The van der Waals surface area contributed by atoms with Gasteiger partial charge in [0, 0.05) is 19.0 Å². The van der Waals surface area contributed by atoms with Crippen LogP contribution in [-0.4, -0.2) is 56.2 Å². The third-order valence-corrected chi connectivity index (χ3v) is 5.07. The second kappa shape index (κ2) is 7.53. The van der Waals surface area contributed by atoms with Crippen molar-refractivity contribution >= 4 is 29.4 Å². The molecule has 9 nitrogen and oxygen atoms in total. The number of hydrogen-bond donors (Lipinski definition) is 2. The molecule has 2 aliphatic rings. The van der Waals surface area contributed by atoms with Gasteiger partial charge in [0.2, 0.25) is 11.9 Å². The van der Waals surface area contributed by atoms with E-state index >= 15 is 0 Å². The van der Waals surface area contributed by atoms with Crippen LogP contribution in [0.3, 0.4) is 0 Å². The second-order valence-electron chi connectivity index (χ2n) is 8.73. The highest BCUT2D eigenvalue weighted by molar-refractivity contribution is 5.92. The van der Waals surface area contributed by atoms with Crippen LogP contribution in [0.1, 0.15) is 46.5 Å². The molecule has 1 saturated heterocycles. The minimum Gasteiger partial charge on any atom is -0.444 e. The third kappa shape index (κ3) is 4.60. The summed E-state index contributed by atoms with van der Waals surface area (Å²) in [6.07, 6.45) is 3.47. The summed E-state index contributed by atoms with van der Waals surface area (Å²) in [6, 6.07) is 5.69. The molecule has 0 bridgehead atoms.